The largest absolute Gasteiger partial charge is 0.435 e. The van der Waals surface area contributed by atoms with Gasteiger partial charge in [-0.3, -0.25) is 4.90 Å². The molecule has 0 aromatic carbocycles. The smallest absolute Gasteiger partial charge is 0.416 e. The van der Waals surface area contributed by atoms with Crippen molar-refractivity contribution >= 4 is 16.8 Å². The number of rotatable bonds is 7. The molecule has 1 aromatic heterocycles. The van der Waals surface area contributed by atoms with Gasteiger partial charge in [0.15, 0.2) is 5.69 Å². The summed E-state index contributed by atoms with van der Waals surface area (Å²) >= 11 is 0. The zero-order valence-electron chi connectivity index (χ0n) is 11.8. The summed E-state index contributed by atoms with van der Waals surface area (Å²) in [6.07, 6.45) is 1.92. The molecular weight excluding hydrogens is 316 g/mol. The molecule has 0 radical (unpaired) electrons. The highest BCUT2D eigenvalue weighted by Gasteiger charge is 2.22. The molecule has 2 heterocycles. The van der Waals surface area contributed by atoms with Crippen molar-refractivity contribution < 1.29 is 18.2 Å². The SMILES string of the molecule is NO[S-](=O)=NCCc1cn(CN2CCOCC2)c([N+](=O)[O-])n1. The number of aromatic nitrogens is 2. The molecular formula is C10H17N6O5S-. The lowest BCUT2D eigenvalue weighted by Crippen LogP contribution is -2.37. The molecule has 1 aliphatic rings. The van der Waals surface area contributed by atoms with Crippen LogP contribution in [0.4, 0.5) is 5.95 Å². The molecule has 1 fully saturated rings. The van der Waals surface area contributed by atoms with E-state index in [1.54, 1.807) is 6.20 Å². The zero-order chi connectivity index (χ0) is 15.9. The Morgan fingerprint density at radius 3 is 2.91 bits per heavy atom. The molecule has 0 spiro atoms. The van der Waals surface area contributed by atoms with Crippen LogP contribution in [0.15, 0.2) is 10.6 Å². The highest BCUT2D eigenvalue weighted by Crippen LogP contribution is 2.14. The maximum Gasteiger partial charge on any atom is 0.435 e. The molecule has 1 aromatic rings. The van der Waals surface area contributed by atoms with E-state index in [0.29, 0.717) is 45.1 Å². The van der Waals surface area contributed by atoms with Gasteiger partial charge in [-0.25, -0.2) is 10.5 Å². The van der Waals surface area contributed by atoms with Crippen LogP contribution in [0.1, 0.15) is 5.69 Å². The average molecular weight is 333 g/mol. The molecule has 0 bridgehead atoms. The van der Waals surface area contributed by atoms with Crippen LogP contribution < -0.4 is 5.90 Å². The second kappa shape index (κ2) is 8.14. The first kappa shape index (κ1) is 16.8. The molecule has 0 saturated carbocycles. The summed E-state index contributed by atoms with van der Waals surface area (Å²) in [6, 6.07) is 0. The molecule has 1 aliphatic heterocycles. The Bertz CT molecular complexity index is 593. The molecule has 1 saturated heterocycles. The Labute approximate surface area is 128 Å². The molecule has 0 aliphatic carbocycles. The van der Waals surface area contributed by atoms with Crippen molar-refractivity contribution in [3.8, 4) is 0 Å². The van der Waals surface area contributed by atoms with E-state index >= 15 is 0 Å². The van der Waals surface area contributed by atoms with E-state index < -0.39 is 15.8 Å². The summed E-state index contributed by atoms with van der Waals surface area (Å²) in [6.45, 7) is 3.18. The third kappa shape index (κ3) is 4.71. The number of ether oxygens (including phenoxy) is 1. The monoisotopic (exact) mass is 333 g/mol. The lowest BCUT2D eigenvalue weighted by atomic mass is 10.3. The van der Waals surface area contributed by atoms with E-state index in [1.807, 2.05) is 4.90 Å². The third-order valence-corrected chi connectivity index (χ3v) is 3.63. The van der Waals surface area contributed by atoms with Gasteiger partial charge in [0.25, 0.3) is 0 Å². The van der Waals surface area contributed by atoms with Gasteiger partial charge in [-0.1, -0.05) is 4.98 Å². The van der Waals surface area contributed by atoms with E-state index in [2.05, 4.69) is 13.6 Å². The molecule has 2 rings (SSSR count). The highest BCUT2D eigenvalue weighted by atomic mass is 32.2. The van der Waals surface area contributed by atoms with E-state index in [4.69, 9.17) is 10.6 Å². The van der Waals surface area contributed by atoms with Gasteiger partial charge in [0.05, 0.1) is 13.2 Å². The van der Waals surface area contributed by atoms with Crippen molar-refractivity contribution in [1.82, 2.24) is 14.5 Å². The molecule has 22 heavy (non-hydrogen) atoms. The first-order chi connectivity index (χ1) is 10.6. The first-order valence-corrected chi connectivity index (χ1v) is 7.60. The standard InChI is InChI=1S/C10H17N6O5S/c11-21-22(19)12-2-1-9-7-15(10(13-9)16(17)18)8-14-3-5-20-6-4-14/h7H,1-6,8,11H2/q-1. The summed E-state index contributed by atoms with van der Waals surface area (Å²) in [4.78, 5) is 16.6. The molecule has 12 heteroatoms. The summed E-state index contributed by atoms with van der Waals surface area (Å²) < 4.78 is 25.2. The normalized spacial score (nSPS) is 17.7. The van der Waals surface area contributed by atoms with Crippen LogP contribution >= 0.6 is 0 Å². The third-order valence-electron chi connectivity index (χ3n) is 3.07. The van der Waals surface area contributed by atoms with Gasteiger partial charge in [0, 0.05) is 26.1 Å². The average Bonchev–Trinajstić information content (AvgIpc) is 2.91. The lowest BCUT2D eigenvalue weighted by Gasteiger charge is -2.25. The van der Waals surface area contributed by atoms with Gasteiger partial charge in [-0.15, -0.1) is 0 Å². The lowest BCUT2D eigenvalue weighted by molar-refractivity contribution is -0.397. The van der Waals surface area contributed by atoms with Crippen molar-refractivity contribution in [2.75, 3.05) is 32.8 Å². The van der Waals surface area contributed by atoms with Gasteiger partial charge in [-0.05, 0) is 15.8 Å². The Balaban J connectivity index is 2.04. The van der Waals surface area contributed by atoms with Crippen molar-refractivity contribution in [3.63, 3.8) is 0 Å². The van der Waals surface area contributed by atoms with E-state index in [-0.39, 0.29) is 12.5 Å². The number of imidazole rings is 1. The van der Waals surface area contributed by atoms with Gasteiger partial charge in [0.2, 0.25) is 0 Å². The van der Waals surface area contributed by atoms with Crippen LogP contribution in [0.5, 0.6) is 0 Å². The molecule has 0 amide bonds. The van der Waals surface area contributed by atoms with Gasteiger partial charge in [-0.2, -0.15) is 0 Å². The maximum absolute atomic E-state index is 11.1. The molecule has 0 unspecified atom stereocenters. The Morgan fingerprint density at radius 2 is 2.27 bits per heavy atom. The van der Waals surface area contributed by atoms with E-state index in [0.717, 1.165) is 0 Å². The van der Waals surface area contributed by atoms with Crippen molar-refractivity contribution in [2.24, 2.45) is 10.3 Å². The molecule has 2 N–H and O–H groups in total. The summed E-state index contributed by atoms with van der Waals surface area (Å²) in [5, 5.41) is 11.1. The van der Waals surface area contributed by atoms with Crippen LogP contribution in [-0.4, -0.2) is 52.2 Å². The minimum Gasteiger partial charge on any atom is -0.416 e. The Morgan fingerprint density at radius 1 is 1.55 bits per heavy atom. The van der Waals surface area contributed by atoms with Crippen molar-refractivity contribution in [2.45, 2.75) is 13.1 Å². The number of hydrogen-bond acceptors (Lipinski definition) is 10. The van der Waals surface area contributed by atoms with Crippen molar-refractivity contribution in [1.29, 1.82) is 0 Å². The zero-order valence-corrected chi connectivity index (χ0v) is 12.6. The number of hydrogen-bond donors (Lipinski definition) is 1. The highest BCUT2D eigenvalue weighted by molar-refractivity contribution is 7.69. The predicted octanol–water partition coefficient (Wildman–Crippen LogP) is -0.424. The maximum atomic E-state index is 11.1. The van der Waals surface area contributed by atoms with Gasteiger partial charge < -0.3 is 27.7 Å². The molecule has 0 atom stereocenters. The van der Waals surface area contributed by atoms with Crippen LogP contribution in [0, 0.1) is 10.1 Å². The van der Waals surface area contributed by atoms with E-state index in [9.17, 15) is 14.3 Å². The number of nitrogens with two attached hydrogens (primary N) is 1. The number of nitro groups is 1. The number of morpholine rings is 1. The topological polar surface area (TPSA) is 138 Å². The van der Waals surface area contributed by atoms with Crippen LogP contribution in [-0.2, 0) is 37.2 Å². The summed E-state index contributed by atoms with van der Waals surface area (Å²) in [7, 11) is -1.90. The molecule has 124 valence electrons. The fraction of sp³-hybridized carbons (Fsp3) is 0.700. The van der Waals surface area contributed by atoms with Gasteiger partial charge >= 0.3 is 5.95 Å². The summed E-state index contributed by atoms with van der Waals surface area (Å²) in [5.74, 6) is 4.48. The minimum atomic E-state index is -1.90. The van der Waals surface area contributed by atoms with E-state index in [1.165, 1.54) is 4.57 Å². The minimum absolute atomic E-state index is 0.148. The van der Waals surface area contributed by atoms with Crippen molar-refractivity contribution in [3.05, 3.63) is 22.0 Å². The van der Waals surface area contributed by atoms with Crippen LogP contribution in [0.3, 0.4) is 0 Å². The Hall–Kier alpha value is -1.60. The quantitative estimate of drug-likeness (QED) is 0.403. The van der Waals surface area contributed by atoms with Crippen LogP contribution in [0.2, 0.25) is 0 Å². The second-order valence-corrected chi connectivity index (χ2v) is 5.43. The first-order valence-electron chi connectivity index (χ1n) is 6.57. The van der Waals surface area contributed by atoms with Crippen LogP contribution in [0.25, 0.3) is 0 Å². The predicted molar refractivity (Wildman–Crippen MR) is 75.6 cm³/mol. The van der Waals surface area contributed by atoms with Gasteiger partial charge in [0.1, 0.15) is 12.9 Å². The summed E-state index contributed by atoms with van der Waals surface area (Å²) in [5.41, 5.74) is 0.498. The fourth-order valence-corrected chi connectivity index (χ4v) is 2.35. The fourth-order valence-electron chi connectivity index (χ4n) is 2.05. The Kier molecular flexibility index (Phi) is 6.21. The molecule has 11 nitrogen and oxygen atoms in total. The number of nitrogens with zero attached hydrogens (tertiary/aromatic N) is 5. The second-order valence-electron chi connectivity index (χ2n) is 4.55.